The van der Waals surface area contributed by atoms with Crippen LogP contribution in [-0.2, 0) is 22.1 Å². The van der Waals surface area contributed by atoms with Gasteiger partial charge < -0.3 is 5.32 Å². The first-order valence-corrected chi connectivity index (χ1v) is 11.3. The van der Waals surface area contributed by atoms with Gasteiger partial charge in [-0.3, -0.25) is 4.79 Å². The number of benzene rings is 2. The Morgan fingerprint density at radius 3 is 2.70 bits per heavy atom. The van der Waals surface area contributed by atoms with Gasteiger partial charge in [0, 0.05) is 27.8 Å². The lowest BCUT2D eigenvalue weighted by Gasteiger charge is -2.11. The molecule has 0 radical (unpaired) electrons. The Labute approximate surface area is 171 Å². The van der Waals surface area contributed by atoms with Crippen LogP contribution in [0.4, 0.5) is 5.82 Å². The summed E-state index contributed by atoms with van der Waals surface area (Å²) in [7, 11) is 0. The smallest absolute Gasteiger partial charge is 0.235 e. The van der Waals surface area contributed by atoms with E-state index in [9.17, 15) is 4.79 Å². The number of aromatic nitrogens is 2. The van der Waals surface area contributed by atoms with Crippen LogP contribution in [0.15, 0.2) is 54.6 Å². The van der Waals surface area contributed by atoms with E-state index in [2.05, 4.69) is 17.4 Å². The van der Waals surface area contributed by atoms with Crippen LogP contribution < -0.4 is 5.32 Å². The van der Waals surface area contributed by atoms with Crippen molar-refractivity contribution < 1.29 is 4.79 Å². The molecule has 0 saturated heterocycles. The molecule has 0 bridgehead atoms. The van der Waals surface area contributed by atoms with Crippen LogP contribution in [0.2, 0.25) is 5.02 Å². The molecule has 1 aliphatic heterocycles. The molecule has 0 saturated carbocycles. The predicted molar refractivity (Wildman–Crippen MR) is 115 cm³/mol. The topological polar surface area (TPSA) is 46.9 Å². The fourth-order valence-electron chi connectivity index (χ4n) is 2.91. The van der Waals surface area contributed by atoms with Gasteiger partial charge in [0.15, 0.2) is 0 Å². The van der Waals surface area contributed by atoms with Gasteiger partial charge in [-0.1, -0.05) is 41.9 Å². The van der Waals surface area contributed by atoms with Gasteiger partial charge in [-0.2, -0.15) is 16.9 Å². The Kier molecular flexibility index (Phi) is 5.76. The van der Waals surface area contributed by atoms with Crippen molar-refractivity contribution in [3.8, 4) is 5.69 Å². The van der Waals surface area contributed by atoms with Crippen molar-refractivity contribution in [2.45, 2.75) is 17.3 Å². The molecule has 4 nitrogen and oxygen atoms in total. The molecular formula is C20H18ClN3OS2. The molecule has 1 N–H and O–H groups in total. The second-order valence-corrected chi connectivity index (χ2v) is 8.59. The normalized spacial score (nSPS) is 12.8. The van der Waals surface area contributed by atoms with Crippen LogP contribution in [0.1, 0.15) is 16.8 Å². The zero-order valence-corrected chi connectivity index (χ0v) is 16.9. The van der Waals surface area contributed by atoms with Gasteiger partial charge in [0.2, 0.25) is 5.91 Å². The van der Waals surface area contributed by atoms with Crippen molar-refractivity contribution in [2.24, 2.45) is 0 Å². The number of halogens is 1. The van der Waals surface area contributed by atoms with Crippen molar-refractivity contribution in [1.82, 2.24) is 9.78 Å². The van der Waals surface area contributed by atoms with E-state index in [0.717, 1.165) is 40.0 Å². The van der Waals surface area contributed by atoms with Gasteiger partial charge in [-0.25, -0.2) is 4.68 Å². The van der Waals surface area contributed by atoms with Crippen LogP contribution in [0.3, 0.4) is 0 Å². The number of nitrogens with zero attached hydrogens (tertiary/aromatic N) is 2. The molecule has 0 fully saturated rings. The van der Waals surface area contributed by atoms with Crippen molar-refractivity contribution in [3.05, 3.63) is 76.4 Å². The molecule has 3 aromatic rings. The third-order valence-electron chi connectivity index (χ3n) is 4.23. The Bertz CT molecular complexity index is 942. The summed E-state index contributed by atoms with van der Waals surface area (Å²) in [6.45, 7) is 0. The molecule has 0 aliphatic carbocycles. The third-order valence-corrected chi connectivity index (χ3v) is 6.45. The first-order valence-electron chi connectivity index (χ1n) is 8.56. The highest BCUT2D eigenvalue weighted by molar-refractivity contribution is 7.99. The number of amides is 1. The summed E-state index contributed by atoms with van der Waals surface area (Å²) >= 11 is 9.43. The maximum Gasteiger partial charge on any atom is 0.235 e. The maximum atomic E-state index is 12.5. The summed E-state index contributed by atoms with van der Waals surface area (Å²) in [5.41, 5.74) is 4.28. The second kappa shape index (κ2) is 8.42. The third kappa shape index (κ3) is 4.34. The SMILES string of the molecule is O=C(CSCc1ccccc1)Nc1c2c(nn1-c1ccc(Cl)cc1)CSC2. The number of carbonyl (C=O) groups excluding carboxylic acids is 1. The molecular weight excluding hydrogens is 398 g/mol. The van der Waals surface area contributed by atoms with E-state index < -0.39 is 0 Å². The standard InChI is InChI=1S/C20H18ClN3OS2/c21-15-6-8-16(9-7-15)24-20(17-11-27-12-18(17)23-24)22-19(25)13-26-10-14-4-2-1-3-5-14/h1-9H,10-13H2,(H,22,25). The average molecular weight is 416 g/mol. The van der Waals surface area contributed by atoms with Gasteiger partial charge in [0.05, 0.1) is 17.1 Å². The van der Waals surface area contributed by atoms with Crippen molar-refractivity contribution in [1.29, 1.82) is 0 Å². The molecule has 138 valence electrons. The average Bonchev–Trinajstić information content (AvgIpc) is 3.26. The Morgan fingerprint density at radius 1 is 1.15 bits per heavy atom. The lowest BCUT2D eigenvalue weighted by Crippen LogP contribution is -2.18. The van der Waals surface area contributed by atoms with Crippen molar-refractivity contribution >= 4 is 46.8 Å². The number of nitrogens with one attached hydrogen (secondary N) is 1. The monoisotopic (exact) mass is 415 g/mol. The second-order valence-electron chi connectivity index (χ2n) is 6.18. The zero-order chi connectivity index (χ0) is 18.6. The molecule has 1 aromatic heterocycles. The van der Waals surface area contributed by atoms with E-state index in [1.165, 1.54) is 5.56 Å². The minimum atomic E-state index is -0.00857. The molecule has 0 unspecified atom stereocenters. The molecule has 2 heterocycles. The van der Waals surface area contributed by atoms with E-state index in [0.29, 0.717) is 10.8 Å². The first-order chi connectivity index (χ1) is 13.2. The molecule has 0 atom stereocenters. The first kappa shape index (κ1) is 18.5. The Hall–Kier alpha value is -1.89. The molecule has 1 amide bonds. The van der Waals surface area contributed by atoms with Gasteiger partial charge >= 0.3 is 0 Å². The highest BCUT2D eigenvalue weighted by atomic mass is 35.5. The fraction of sp³-hybridized carbons (Fsp3) is 0.200. The zero-order valence-electron chi connectivity index (χ0n) is 14.5. The maximum absolute atomic E-state index is 12.5. The molecule has 2 aromatic carbocycles. The number of rotatable bonds is 6. The highest BCUT2D eigenvalue weighted by Gasteiger charge is 2.24. The van der Waals surface area contributed by atoms with Gasteiger partial charge in [0.1, 0.15) is 5.82 Å². The van der Waals surface area contributed by atoms with Crippen LogP contribution >= 0.6 is 35.1 Å². The quantitative estimate of drug-likeness (QED) is 0.605. The Morgan fingerprint density at radius 2 is 1.93 bits per heavy atom. The van der Waals surface area contributed by atoms with Crippen LogP contribution in [0, 0.1) is 0 Å². The minimum absolute atomic E-state index is 0.00857. The summed E-state index contributed by atoms with van der Waals surface area (Å²) in [4.78, 5) is 12.5. The van der Waals surface area contributed by atoms with E-state index in [4.69, 9.17) is 16.7 Å². The van der Waals surface area contributed by atoms with Gasteiger partial charge in [0.25, 0.3) is 0 Å². The molecule has 0 spiro atoms. The molecule has 1 aliphatic rings. The van der Waals surface area contributed by atoms with E-state index >= 15 is 0 Å². The summed E-state index contributed by atoms with van der Waals surface area (Å²) in [6.07, 6.45) is 0. The van der Waals surface area contributed by atoms with Crippen LogP contribution in [-0.4, -0.2) is 21.4 Å². The van der Waals surface area contributed by atoms with E-state index in [1.54, 1.807) is 11.8 Å². The van der Waals surface area contributed by atoms with Crippen LogP contribution in [0.5, 0.6) is 0 Å². The van der Waals surface area contributed by atoms with Crippen LogP contribution in [0.25, 0.3) is 5.69 Å². The summed E-state index contributed by atoms with van der Waals surface area (Å²) < 4.78 is 1.82. The Balaban J connectivity index is 1.47. The van der Waals surface area contributed by atoms with Crippen molar-refractivity contribution in [2.75, 3.05) is 11.1 Å². The van der Waals surface area contributed by atoms with Crippen molar-refractivity contribution in [3.63, 3.8) is 0 Å². The number of carbonyl (C=O) groups is 1. The number of thioether (sulfide) groups is 2. The van der Waals surface area contributed by atoms with Gasteiger partial charge in [-0.15, -0.1) is 11.8 Å². The number of hydrogen-bond acceptors (Lipinski definition) is 4. The summed E-state index contributed by atoms with van der Waals surface area (Å²) in [5.74, 6) is 3.74. The minimum Gasteiger partial charge on any atom is -0.310 e. The molecule has 4 rings (SSSR count). The number of fused-ring (bicyclic) bond motifs is 1. The summed E-state index contributed by atoms with van der Waals surface area (Å²) in [6, 6.07) is 17.7. The molecule has 7 heteroatoms. The largest absolute Gasteiger partial charge is 0.310 e. The van der Waals surface area contributed by atoms with Gasteiger partial charge in [-0.05, 0) is 29.8 Å². The lowest BCUT2D eigenvalue weighted by atomic mass is 10.2. The number of anilines is 1. The predicted octanol–water partition coefficient (Wildman–Crippen LogP) is 5.14. The lowest BCUT2D eigenvalue weighted by molar-refractivity contribution is -0.113. The molecule has 27 heavy (non-hydrogen) atoms. The summed E-state index contributed by atoms with van der Waals surface area (Å²) in [5, 5.41) is 8.47. The number of hydrogen-bond donors (Lipinski definition) is 1. The fourth-order valence-corrected chi connectivity index (χ4v) is 4.86. The highest BCUT2D eigenvalue weighted by Crippen LogP contribution is 2.36. The van der Waals surface area contributed by atoms with E-state index in [-0.39, 0.29) is 5.91 Å². The van der Waals surface area contributed by atoms with E-state index in [1.807, 2.05) is 58.9 Å².